The van der Waals surface area contributed by atoms with Gasteiger partial charge >= 0.3 is 37.0 Å². The highest BCUT2D eigenvalue weighted by atomic mass is 19.4. The lowest BCUT2D eigenvalue weighted by Crippen LogP contribution is -2.50. The van der Waals surface area contributed by atoms with E-state index in [9.17, 15) is 70.2 Å². The van der Waals surface area contributed by atoms with Crippen molar-refractivity contribution in [2.75, 3.05) is 0 Å². The summed E-state index contributed by atoms with van der Waals surface area (Å²) in [5.41, 5.74) is -6.80. The summed E-state index contributed by atoms with van der Waals surface area (Å²) in [4.78, 5) is 3.01. The van der Waals surface area contributed by atoms with E-state index in [1.165, 1.54) is 9.97 Å². The van der Waals surface area contributed by atoms with Gasteiger partial charge in [0.1, 0.15) is 0 Å². The third-order valence-corrected chi connectivity index (χ3v) is 2.49. The van der Waals surface area contributed by atoms with Gasteiger partial charge in [0, 0.05) is 0 Å². The highest BCUT2D eigenvalue weighted by molar-refractivity contribution is 5.20. The number of nitrogens with zero attached hydrogens (tertiary/aromatic N) is 2. The van der Waals surface area contributed by atoms with Gasteiger partial charge in [0.2, 0.25) is 5.82 Å². The van der Waals surface area contributed by atoms with E-state index in [-0.39, 0.29) is 0 Å². The van der Waals surface area contributed by atoms with Crippen molar-refractivity contribution in [1.82, 2.24) is 9.97 Å². The molecule has 174 valence electrons. The standard InChI is InChI=1S/C10F16N2O2/c11-1-2(5(12,13)14)27-4(28-3(1)6(15,16)17)7(18,19)29-8(20,21)9(22,23)30-10(24,25)26. The molecule has 0 saturated heterocycles. The normalized spacial score (nSPS) is 14.9. The quantitative estimate of drug-likeness (QED) is 0.523. The predicted octanol–water partition coefficient (Wildman–Crippen LogP) is 5.44. The van der Waals surface area contributed by atoms with Crippen molar-refractivity contribution in [3.05, 3.63) is 23.0 Å². The fourth-order valence-electron chi connectivity index (χ4n) is 1.42. The van der Waals surface area contributed by atoms with Crippen LogP contribution in [0.4, 0.5) is 70.2 Å². The van der Waals surface area contributed by atoms with Gasteiger partial charge in [-0.2, -0.15) is 52.7 Å². The van der Waals surface area contributed by atoms with Gasteiger partial charge in [0.15, 0.2) is 17.2 Å². The van der Waals surface area contributed by atoms with Crippen LogP contribution in [0.25, 0.3) is 0 Å². The fraction of sp³-hybridized carbons (Fsp3) is 0.600. The van der Waals surface area contributed by atoms with E-state index >= 15 is 0 Å². The van der Waals surface area contributed by atoms with E-state index < -0.39 is 60.1 Å². The minimum Gasteiger partial charge on any atom is -0.242 e. The molecule has 0 atom stereocenters. The van der Waals surface area contributed by atoms with Crippen molar-refractivity contribution >= 4 is 0 Å². The smallest absolute Gasteiger partial charge is 0.242 e. The number of rotatable bonds is 5. The molecule has 0 aliphatic heterocycles. The van der Waals surface area contributed by atoms with E-state index in [0.717, 1.165) is 0 Å². The van der Waals surface area contributed by atoms with Crippen LogP contribution in [0.2, 0.25) is 0 Å². The van der Waals surface area contributed by atoms with Crippen LogP contribution >= 0.6 is 0 Å². The average molecular weight is 484 g/mol. The van der Waals surface area contributed by atoms with Gasteiger partial charge in [0.05, 0.1) is 0 Å². The third-order valence-electron chi connectivity index (χ3n) is 2.49. The van der Waals surface area contributed by atoms with E-state index in [2.05, 4.69) is 0 Å². The average Bonchev–Trinajstić information content (AvgIpc) is 2.40. The van der Waals surface area contributed by atoms with Crippen LogP contribution in [-0.2, 0) is 27.9 Å². The summed E-state index contributed by atoms with van der Waals surface area (Å²) in [6, 6.07) is 0. The maximum atomic E-state index is 13.5. The first-order valence-corrected chi connectivity index (χ1v) is 6.23. The molecule has 1 aromatic rings. The molecule has 0 N–H and O–H groups in total. The van der Waals surface area contributed by atoms with Crippen LogP contribution in [-0.4, -0.2) is 28.5 Å². The Morgan fingerprint density at radius 2 is 0.867 bits per heavy atom. The van der Waals surface area contributed by atoms with Crippen LogP contribution < -0.4 is 0 Å². The van der Waals surface area contributed by atoms with E-state index in [1.807, 2.05) is 4.74 Å². The summed E-state index contributed by atoms with van der Waals surface area (Å²) >= 11 is 0. The topological polar surface area (TPSA) is 44.2 Å². The SMILES string of the molecule is Fc1c(C(F)(F)F)nc(C(F)(F)OC(F)(F)C(F)(F)OC(F)(F)F)nc1C(F)(F)F. The molecule has 30 heavy (non-hydrogen) atoms. The Balaban J connectivity index is 3.55. The molecule has 1 heterocycles. The largest absolute Gasteiger partial charge is 0.527 e. The molecular weight excluding hydrogens is 484 g/mol. The number of ether oxygens (including phenoxy) is 2. The zero-order chi connectivity index (χ0) is 24.1. The summed E-state index contributed by atoms with van der Waals surface area (Å²) in [5, 5.41) is 0. The second kappa shape index (κ2) is 7.24. The van der Waals surface area contributed by atoms with Gasteiger partial charge in [-0.25, -0.2) is 23.8 Å². The Bertz CT molecular complexity index is 745. The Morgan fingerprint density at radius 1 is 0.533 bits per heavy atom. The molecule has 1 rings (SSSR count). The Kier molecular flexibility index (Phi) is 6.25. The number of halogens is 16. The van der Waals surface area contributed by atoms with E-state index in [4.69, 9.17) is 0 Å². The molecule has 0 radical (unpaired) electrons. The lowest BCUT2D eigenvalue weighted by Gasteiger charge is -2.29. The number of alkyl halides is 15. The van der Waals surface area contributed by atoms with Crippen molar-refractivity contribution in [2.24, 2.45) is 0 Å². The maximum absolute atomic E-state index is 13.5. The van der Waals surface area contributed by atoms with E-state index in [1.54, 1.807) is 4.74 Å². The van der Waals surface area contributed by atoms with Crippen molar-refractivity contribution in [3.63, 3.8) is 0 Å². The highest BCUT2D eigenvalue weighted by Gasteiger charge is 2.68. The van der Waals surface area contributed by atoms with Crippen LogP contribution in [0.3, 0.4) is 0 Å². The molecular formula is C10F16N2O2. The van der Waals surface area contributed by atoms with Crippen molar-refractivity contribution in [3.8, 4) is 0 Å². The molecule has 0 fully saturated rings. The zero-order valence-electron chi connectivity index (χ0n) is 12.8. The monoisotopic (exact) mass is 484 g/mol. The molecule has 0 spiro atoms. The Labute approximate surface area is 151 Å². The molecule has 20 heteroatoms. The van der Waals surface area contributed by atoms with Gasteiger partial charge < -0.3 is 0 Å². The Hall–Kier alpha value is -2.12. The number of hydrogen-bond acceptors (Lipinski definition) is 4. The molecule has 1 aromatic heterocycles. The van der Waals surface area contributed by atoms with E-state index in [0.29, 0.717) is 0 Å². The maximum Gasteiger partial charge on any atom is 0.527 e. The first kappa shape index (κ1) is 25.9. The first-order valence-electron chi connectivity index (χ1n) is 6.23. The highest BCUT2D eigenvalue weighted by Crippen LogP contribution is 2.46. The van der Waals surface area contributed by atoms with Crippen LogP contribution in [0.15, 0.2) is 0 Å². The Morgan fingerprint density at radius 3 is 1.17 bits per heavy atom. The van der Waals surface area contributed by atoms with Gasteiger partial charge in [-0.15, -0.1) is 13.2 Å². The lowest BCUT2D eigenvalue weighted by atomic mass is 10.2. The van der Waals surface area contributed by atoms with Gasteiger partial charge in [-0.3, -0.25) is 0 Å². The molecule has 0 aliphatic carbocycles. The predicted molar refractivity (Wildman–Crippen MR) is 54.0 cm³/mol. The van der Waals surface area contributed by atoms with Crippen molar-refractivity contribution in [2.45, 2.75) is 37.0 Å². The molecule has 0 aliphatic rings. The molecule has 0 aromatic carbocycles. The molecule has 0 bridgehead atoms. The second-order valence-corrected chi connectivity index (χ2v) is 4.75. The fourth-order valence-corrected chi connectivity index (χ4v) is 1.42. The summed E-state index contributed by atoms with van der Waals surface area (Å²) < 4.78 is 205. The summed E-state index contributed by atoms with van der Waals surface area (Å²) in [6.45, 7) is 0. The van der Waals surface area contributed by atoms with Crippen LogP contribution in [0.1, 0.15) is 17.2 Å². The van der Waals surface area contributed by atoms with Crippen LogP contribution in [0, 0.1) is 5.82 Å². The van der Waals surface area contributed by atoms with Crippen molar-refractivity contribution in [1.29, 1.82) is 0 Å². The minimum absolute atomic E-state index is 1.50. The first-order chi connectivity index (χ1) is 12.9. The number of hydrogen-bond donors (Lipinski definition) is 0. The summed E-state index contributed by atoms with van der Waals surface area (Å²) in [5.74, 6) is -6.78. The van der Waals surface area contributed by atoms with Gasteiger partial charge in [-0.05, 0) is 0 Å². The summed E-state index contributed by atoms with van der Waals surface area (Å²) in [7, 11) is 0. The number of aromatic nitrogens is 2. The second-order valence-electron chi connectivity index (χ2n) is 4.75. The van der Waals surface area contributed by atoms with Crippen LogP contribution in [0.5, 0.6) is 0 Å². The molecule has 4 nitrogen and oxygen atoms in total. The third kappa shape index (κ3) is 5.73. The molecule has 0 unspecified atom stereocenters. The van der Waals surface area contributed by atoms with Gasteiger partial charge in [-0.1, -0.05) is 0 Å². The zero-order valence-corrected chi connectivity index (χ0v) is 12.8. The minimum atomic E-state index is -7.03. The lowest BCUT2D eigenvalue weighted by molar-refractivity contribution is -0.532. The van der Waals surface area contributed by atoms with Crippen molar-refractivity contribution < 1.29 is 79.7 Å². The summed E-state index contributed by atoms with van der Waals surface area (Å²) in [6.07, 6.45) is -39.6. The molecule has 0 amide bonds. The molecule has 0 saturated carbocycles. The van der Waals surface area contributed by atoms with Gasteiger partial charge in [0.25, 0.3) is 0 Å².